The van der Waals surface area contributed by atoms with E-state index >= 15 is 0 Å². The van der Waals surface area contributed by atoms with Crippen molar-refractivity contribution in [3.05, 3.63) is 28.8 Å². The summed E-state index contributed by atoms with van der Waals surface area (Å²) in [6, 6.07) is 6.15. The fourth-order valence-corrected chi connectivity index (χ4v) is 2.88. The fraction of sp³-hybridized carbons (Fsp3) is 0.571. The lowest BCUT2D eigenvalue weighted by atomic mass is 10.00. The molecule has 1 aromatic carbocycles. The SMILES string of the molecule is CC1(C)CCCN1c1cc(Cl)ccc1CCN. The van der Waals surface area contributed by atoms with Crippen molar-refractivity contribution in [3.8, 4) is 0 Å². The van der Waals surface area contributed by atoms with Crippen LogP contribution in [0.4, 0.5) is 5.69 Å². The lowest BCUT2D eigenvalue weighted by molar-refractivity contribution is 0.517. The number of anilines is 1. The smallest absolute Gasteiger partial charge is 0.0426 e. The predicted octanol–water partition coefficient (Wildman–Crippen LogP) is 3.22. The van der Waals surface area contributed by atoms with Crippen molar-refractivity contribution in [1.29, 1.82) is 0 Å². The minimum atomic E-state index is 0.230. The van der Waals surface area contributed by atoms with Crippen molar-refractivity contribution in [2.45, 2.75) is 38.6 Å². The third-order valence-corrected chi connectivity index (χ3v) is 3.89. The maximum absolute atomic E-state index is 6.13. The minimum Gasteiger partial charge on any atom is -0.366 e. The fourth-order valence-electron chi connectivity index (χ4n) is 2.71. The molecule has 1 aliphatic rings. The molecule has 1 aliphatic heterocycles. The molecule has 1 saturated heterocycles. The van der Waals surface area contributed by atoms with E-state index in [4.69, 9.17) is 17.3 Å². The molecule has 0 radical (unpaired) electrons. The Morgan fingerprint density at radius 2 is 2.18 bits per heavy atom. The summed E-state index contributed by atoms with van der Waals surface area (Å²) >= 11 is 6.13. The Bertz CT molecular complexity index is 401. The highest BCUT2D eigenvalue weighted by molar-refractivity contribution is 6.30. The third-order valence-electron chi connectivity index (χ3n) is 3.65. The van der Waals surface area contributed by atoms with E-state index in [1.807, 2.05) is 6.07 Å². The van der Waals surface area contributed by atoms with Gasteiger partial charge in [-0.15, -0.1) is 0 Å². The summed E-state index contributed by atoms with van der Waals surface area (Å²) in [4.78, 5) is 2.48. The quantitative estimate of drug-likeness (QED) is 0.895. The van der Waals surface area contributed by atoms with E-state index in [0.717, 1.165) is 18.0 Å². The van der Waals surface area contributed by atoms with E-state index in [-0.39, 0.29) is 5.54 Å². The average Bonchev–Trinajstić information content (AvgIpc) is 2.61. The second-order valence-corrected chi connectivity index (χ2v) is 5.82. The second-order valence-electron chi connectivity index (χ2n) is 5.38. The van der Waals surface area contributed by atoms with Crippen LogP contribution < -0.4 is 10.6 Å². The molecule has 1 fully saturated rings. The molecule has 94 valence electrons. The molecule has 0 saturated carbocycles. The average molecular weight is 253 g/mol. The van der Waals surface area contributed by atoms with Gasteiger partial charge < -0.3 is 10.6 Å². The summed E-state index contributed by atoms with van der Waals surface area (Å²) < 4.78 is 0. The summed E-state index contributed by atoms with van der Waals surface area (Å²) in [5.41, 5.74) is 8.49. The summed E-state index contributed by atoms with van der Waals surface area (Å²) in [6.07, 6.45) is 3.40. The van der Waals surface area contributed by atoms with Gasteiger partial charge in [0.25, 0.3) is 0 Å². The van der Waals surface area contributed by atoms with Crippen LogP contribution in [-0.2, 0) is 6.42 Å². The lowest BCUT2D eigenvalue weighted by Crippen LogP contribution is -2.38. The Labute approximate surface area is 109 Å². The zero-order valence-corrected chi connectivity index (χ0v) is 11.4. The first-order valence-electron chi connectivity index (χ1n) is 6.31. The largest absolute Gasteiger partial charge is 0.366 e. The number of rotatable bonds is 3. The van der Waals surface area contributed by atoms with Crippen LogP contribution in [0.1, 0.15) is 32.3 Å². The Morgan fingerprint density at radius 3 is 2.76 bits per heavy atom. The minimum absolute atomic E-state index is 0.230. The van der Waals surface area contributed by atoms with Crippen LogP contribution in [-0.4, -0.2) is 18.6 Å². The van der Waals surface area contributed by atoms with E-state index in [1.54, 1.807) is 0 Å². The van der Waals surface area contributed by atoms with Gasteiger partial charge in [0.2, 0.25) is 0 Å². The molecule has 0 bridgehead atoms. The van der Waals surface area contributed by atoms with Crippen LogP contribution in [0.25, 0.3) is 0 Å². The van der Waals surface area contributed by atoms with Crippen LogP contribution >= 0.6 is 11.6 Å². The van der Waals surface area contributed by atoms with Gasteiger partial charge in [-0.3, -0.25) is 0 Å². The standard InChI is InChI=1S/C14H21ClN2/c1-14(2)7-3-9-17(14)13-10-12(15)5-4-11(13)6-8-16/h4-5,10H,3,6-9,16H2,1-2H3. The first kappa shape index (κ1) is 12.7. The van der Waals surface area contributed by atoms with Crippen molar-refractivity contribution in [1.82, 2.24) is 0 Å². The van der Waals surface area contributed by atoms with E-state index in [0.29, 0.717) is 6.54 Å². The van der Waals surface area contributed by atoms with Gasteiger partial charge in [-0.05, 0) is 57.4 Å². The molecular weight excluding hydrogens is 232 g/mol. The van der Waals surface area contributed by atoms with Gasteiger partial charge in [-0.2, -0.15) is 0 Å². The van der Waals surface area contributed by atoms with Gasteiger partial charge in [0.05, 0.1) is 0 Å². The number of hydrogen-bond donors (Lipinski definition) is 1. The zero-order valence-electron chi connectivity index (χ0n) is 10.7. The molecule has 0 amide bonds. The molecule has 2 nitrogen and oxygen atoms in total. The maximum atomic E-state index is 6.13. The summed E-state index contributed by atoms with van der Waals surface area (Å²) in [5, 5.41) is 0.809. The van der Waals surface area contributed by atoms with Crippen LogP contribution in [0.15, 0.2) is 18.2 Å². The van der Waals surface area contributed by atoms with Gasteiger partial charge in [-0.25, -0.2) is 0 Å². The van der Waals surface area contributed by atoms with E-state index in [1.165, 1.54) is 24.1 Å². The molecule has 0 unspecified atom stereocenters. The van der Waals surface area contributed by atoms with Crippen molar-refractivity contribution in [2.24, 2.45) is 5.73 Å². The molecule has 2 N–H and O–H groups in total. The van der Waals surface area contributed by atoms with Crippen LogP contribution in [0.3, 0.4) is 0 Å². The second kappa shape index (κ2) is 4.87. The monoisotopic (exact) mass is 252 g/mol. The molecule has 1 heterocycles. The number of nitrogens with zero attached hydrogens (tertiary/aromatic N) is 1. The summed E-state index contributed by atoms with van der Waals surface area (Å²) in [5.74, 6) is 0. The molecule has 1 aromatic rings. The van der Waals surface area contributed by atoms with Crippen molar-refractivity contribution >= 4 is 17.3 Å². The third kappa shape index (κ3) is 2.58. The van der Waals surface area contributed by atoms with Crippen molar-refractivity contribution in [2.75, 3.05) is 18.0 Å². The van der Waals surface area contributed by atoms with E-state index < -0.39 is 0 Å². The molecular formula is C14H21ClN2. The van der Waals surface area contributed by atoms with Crippen LogP contribution in [0.2, 0.25) is 5.02 Å². The molecule has 0 aromatic heterocycles. The van der Waals surface area contributed by atoms with Crippen LogP contribution in [0.5, 0.6) is 0 Å². The predicted molar refractivity (Wildman–Crippen MR) is 74.9 cm³/mol. The van der Waals surface area contributed by atoms with E-state index in [2.05, 4.69) is 30.9 Å². The molecule has 0 aliphatic carbocycles. The molecule has 0 spiro atoms. The van der Waals surface area contributed by atoms with Crippen molar-refractivity contribution < 1.29 is 0 Å². The highest BCUT2D eigenvalue weighted by atomic mass is 35.5. The molecule has 0 atom stereocenters. The maximum Gasteiger partial charge on any atom is 0.0426 e. The topological polar surface area (TPSA) is 29.3 Å². The number of hydrogen-bond acceptors (Lipinski definition) is 2. The molecule has 2 rings (SSSR count). The van der Waals surface area contributed by atoms with Gasteiger partial charge in [-0.1, -0.05) is 17.7 Å². The van der Waals surface area contributed by atoms with E-state index in [9.17, 15) is 0 Å². The Morgan fingerprint density at radius 1 is 1.41 bits per heavy atom. The van der Waals surface area contributed by atoms with Crippen molar-refractivity contribution in [3.63, 3.8) is 0 Å². The Hall–Kier alpha value is -0.730. The highest BCUT2D eigenvalue weighted by Gasteiger charge is 2.32. The number of nitrogens with two attached hydrogens (primary N) is 1. The first-order valence-corrected chi connectivity index (χ1v) is 6.68. The number of halogens is 1. The zero-order chi connectivity index (χ0) is 12.5. The van der Waals surface area contributed by atoms with Crippen LogP contribution in [0, 0.1) is 0 Å². The van der Waals surface area contributed by atoms with Gasteiger partial charge in [0.1, 0.15) is 0 Å². The first-order chi connectivity index (χ1) is 8.04. The Balaban J connectivity index is 2.39. The normalized spacial score (nSPS) is 18.7. The molecule has 17 heavy (non-hydrogen) atoms. The summed E-state index contributed by atoms with van der Waals surface area (Å²) in [6.45, 7) is 6.40. The highest BCUT2D eigenvalue weighted by Crippen LogP contribution is 2.36. The molecule has 3 heteroatoms. The van der Waals surface area contributed by atoms with Gasteiger partial charge in [0.15, 0.2) is 0 Å². The lowest BCUT2D eigenvalue weighted by Gasteiger charge is -2.35. The van der Waals surface area contributed by atoms with Gasteiger partial charge >= 0.3 is 0 Å². The summed E-state index contributed by atoms with van der Waals surface area (Å²) in [7, 11) is 0. The Kier molecular flexibility index (Phi) is 3.64. The number of benzene rings is 1. The van der Waals surface area contributed by atoms with Gasteiger partial charge in [0, 0.05) is 22.8 Å².